The minimum Gasteiger partial charge on any atom is -0.256 e. The third-order valence-corrected chi connectivity index (χ3v) is 3.39. The van der Waals surface area contributed by atoms with E-state index in [4.69, 9.17) is 0 Å². The van der Waals surface area contributed by atoms with E-state index in [9.17, 15) is 0 Å². The summed E-state index contributed by atoms with van der Waals surface area (Å²) >= 11 is 0. The zero-order valence-corrected chi connectivity index (χ0v) is 11.1. The fourth-order valence-electron chi connectivity index (χ4n) is 2.53. The first-order valence-electron chi connectivity index (χ1n) is 6.81. The highest BCUT2D eigenvalue weighted by molar-refractivity contribution is 5.94. The number of aromatic nitrogens is 1. The molecule has 19 heavy (non-hydrogen) atoms. The van der Waals surface area contributed by atoms with Gasteiger partial charge in [-0.05, 0) is 35.7 Å². The van der Waals surface area contributed by atoms with Crippen molar-refractivity contribution in [2.45, 2.75) is 19.8 Å². The summed E-state index contributed by atoms with van der Waals surface area (Å²) in [5.74, 6) is 0. The third kappa shape index (κ3) is 2.37. The average molecular weight is 247 g/mol. The van der Waals surface area contributed by atoms with Crippen molar-refractivity contribution in [3.63, 3.8) is 0 Å². The number of aryl methyl sites for hydroxylation is 1. The second-order valence-electron chi connectivity index (χ2n) is 4.83. The Morgan fingerprint density at radius 1 is 0.947 bits per heavy atom. The first kappa shape index (κ1) is 11.9. The van der Waals surface area contributed by atoms with Gasteiger partial charge in [-0.2, -0.15) is 0 Å². The molecule has 2 aromatic carbocycles. The third-order valence-electron chi connectivity index (χ3n) is 3.39. The van der Waals surface area contributed by atoms with Crippen LogP contribution in [-0.2, 0) is 6.42 Å². The average Bonchev–Trinajstić information content (AvgIpc) is 2.48. The van der Waals surface area contributed by atoms with Crippen molar-refractivity contribution in [2.24, 2.45) is 0 Å². The highest BCUT2D eigenvalue weighted by Gasteiger charge is 2.06. The lowest BCUT2D eigenvalue weighted by molar-refractivity contribution is 0.924. The van der Waals surface area contributed by atoms with Crippen molar-refractivity contribution < 1.29 is 0 Å². The van der Waals surface area contributed by atoms with E-state index in [1.165, 1.54) is 28.5 Å². The Morgan fingerprint density at radius 3 is 2.58 bits per heavy atom. The van der Waals surface area contributed by atoms with Crippen LogP contribution in [0.3, 0.4) is 0 Å². The molecule has 3 rings (SSSR count). The number of pyridine rings is 1. The summed E-state index contributed by atoms with van der Waals surface area (Å²) in [7, 11) is 0. The molecule has 0 unspecified atom stereocenters. The molecule has 0 radical (unpaired) electrons. The van der Waals surface area contributed by atoms with E-state index in [0.29, 0.717) is 0 Å². The molecule has 0 amide bonds. The summed E-state index contributed by atoms with van der Waals surface area (Å²) in [4.78, 5) is 4.56. The quantitative estimate of drug-likeness (QED) is 0.644. The molecule has 0 aliphatic rings. The van der Waals surface area contributed by atoms with Crippen LogP contribution >= 0.6 is 0 Å². The molecule has 3 aromatic rings. The SMILES string of the molecule is CCCc1cc(-c2ccccc2)c2ncccc2c1. The smallest absolute Gasteiger partial charge is 0.0780 e. The van der Waals surface area contributed by atoms with Gasteiger partial charge in [-0.1, -0.05) is 49.7 Å². The fraction of sp³-hybridized carbons (Fsp3) is 0.167. The second kappa shape index (κ2) is 5.23. The van der Waals surface area contributed by atoms with E-state index in [1.807, 2.05) is 12.3 Å². The predicted molar refractivity (Wildman–Crippen MR) is 81.2 cm³/mol. The van der Waals surface area contributed by atoms with Crippen LogP contribution in [0.15, 0.2) is 60.8 Å². The fourth-order valence-corrected chi connectivity index (χ4v) is 2.53. The van der Waals surface area contributed by atoms with Crippen LogP contribution in [0.1, 0.15) is 18.9 Å². The van der Waals surface area contributed by atoms with Crippen molar-refractivity contribution in [3.8, 4) is 11.1 Å². The van der Waals surface area contributed by atoms with Gasteiger partial charge in [0.25, 0.3) is 0 Å². The van der Waals surface area contributed by atoms with Crippen molar-refractivity contribution >= 4 is 10.9 Å². The molecule has 1 heteroatoms. The number of fused-ring (bicyclic) bond motifs is 1. The summed E-state index contributed by atoms with van der Waals surface area (Å²) < 4.78 is 0. The van der Waals surface area contributed by atoms with Gasteiger partial charge < -0.3 is 0 Å². The first-order valence-corrected chi connectivity index (χ1v) is 6.81. The minimum atomic E-state index is 1.09. The summed E-state index contributed by atoms with van der Waals surface area (Å²) in [6.45, 7) is 2.22. The predicted octanol–water partition coefficient (Wildman–Crippen LogP) is 4.85. The highest BCUT2D eigenvalue weighted by Crippen LogP contribution is 2.29. The molecule has 0 atom stereocenters. The molecule has 94 valence electrons. The Bertz CT molecular complexity index is 686. The molecular weight excluding hydrogens is 230 g/mol. The first-order chi connectivity index (χ1) is 9.38. The van der Waals surface area contributed by atoms with Gasteiger partial charge in [0.15, 0.2) is 0 Å². The molecular formula is C18H17N. The topological polar surface area (TPSA) is 12.9 Å². The Labute approximate surface area is 113 Å². The Morgan fingerprint density at radius 2 is 1.79 bits per heavy atom. The molecule has 1 nitrogen and oxygen atoms in total. The van der Waals surface area contributed by atoms with Crippen LogP contribution in [0.25, 0.3) is 22.0 Å². The van der Waals surface area contributed by atoms with Crippen LogP contribution in [-0.4, -0.2) is 4.98 Å². The summed E-state index contributed by atoms with van der Waals surface area (Å²) in [6, 6.07) is 19.2. The Balaban J connectivity index is 2.26. The zero-order valence-electron chi connectivity index (χ0n) is 11.1. The summed E-state index contributed by atoms with van der Waals surface area (Å²) in [6.07, 6.45) is 4.15. The molecule has 0 N–H and O–H groups in total. The largest absolute Gasteiger partial charge is 0.256 e. The van der Waals surface area contributed by atoms with E-state index in [1.54, 1.807) is 0 Å². The number of hydrogen-bond donors (Lipinski definition) is 0. The van der Waals surface area contributed by atoms with Crippen LogP contribution in [0.2, 0.25) is 0 Å². The van der Waals surface area contributed by atoms with Gasteiger partial charge in [-0.15, -0.1) is 0 Å². The van der Waals surface area contributed by atoms with Crippen molar-refractivity contribution in [3.05, 3.63) is 66.4 Å². The van der Waals surface area contributed by atoms with Gasteiger partial charge in [0.1, 0.15) is 0 Å². The van der Waals surface area contributed by atoms with E-state index in [0.717, 1.165) is 11.9 Å². The van der Waals surface area contributed by atoms with E-state index in [-0.39, 0.29) is 0 Å². The summed E-state index contributed by atoms with van der Waals surface area (Å²) in [5.41, 5.74) is 4.96. The van der Waals surface area contributed by atoms with Gasteiger partial charge >= 0.3 is 0 Å². The molecule has 0 saturated carbocycles. The number of rotatable bonds is 3. The van der Waals surface area contributed by atoms with Crippen molar-refractivity contribution in [2.75, 3.05) is 0 Å². The molecule has 0 aliphatic heterocycles. The lowest BCUT2D eigenvalue weighted by atomic mass is 9.97. The molecule has 0 spiro atoms. The van der Waals surface area contributed by atoms with Crippen molar-refractivity contribution in [1.29, 1.82) is 0 Å². The molecule has 1 aromatic heterocycles. The molecule has 0 saturated heterocycles. The van der Waals surface area contributed by atoms with Gasteiger partial charge in [0.2, 0.25) is 0 Å². The van der Waals surface area contributed by atoms with Gasteiger partial charge in [0.05, 0.1) is 5.52 Å². The van der Waals surface area contributed by atoms with Gasteiger partial charge in [0, 0.05) is 17.1 Å². The maximum absolute atomic E-state index is 4.56. The zero-order chi connectivity index (χ0) is 13.1. The summed E-state index contributed by atoms with van der Waals surface area (Å²) in [5, 5.41) is 1.23. The Kier molecular flexibility index (Phi) is 3.28. The van der Waals surface area contributed by atoms with E-state index in [2.05, 4.69) is 60.4 Å². The van der Waals surface area contributed by atoms with Gasteiger partial charge in [-0.25, -0.2) is 0 Å². The lowest BCUT2D eigenvalue weighted by Crippen LogP contribution is -1.90. The van der Waals surface area contributed by atoms with Crippen molar-refractivity contribution in [1.82, 2.24) is 4.98 Å². The van der Waals surface area contributed by atoms with Gasteiger partial charge in [-0.3, -0.25) is 4.98 Å². The number of benzene rings is 2. The molecule has 0 aliphatic carbocycles. The minimum absolute atomic E-state index is 1.09. The van der Waals surface area contributed by atoms with Crippen LogP contribution < -0.4 is 0 Å². The van der Waals surface area contributed by atoms with Crippen LogP contribution in [0.5, 0.6) is 0 Å². The highest BCUT2D eigenvalue weighted by atomic mass is 14.6. The monoisotopic (exact) mass is 247 g/mol. The standard InChI is InChI=1S/C18H17N/c1-2-7-14-12-16-10-6-11-19-18(16)17(13-14)15-8-4-3-5-9-15/h3-6,8-13H,2,7H2,1H3. The van der Waals surface area contributed by atoms with E-state index < -0.39 is 0 Å². The van der Waals surface area contributed by atoms with Crippen LogP contribution in [0.4, 0.5) is 0 Å². The number of nitrogens with zero attached hydrogens (tertiary/aromatic N) is 1. The molecule has 0 fully saturated rings. The van der Waals surface area contributed by atoms with E-state index >= 15 is 0 Å². The number of hydrogen-bond acceptors (Lipinski definition) is 1. The molecule has 1 heterocycles. The maximum atomic E-state index is 4.56. The second-order valence-corrected chi connectivity index (χ2v) is 4.83. The lowest BCUT2D eigenvalue weighted by Gasteiger charge is -2.09. The maximum Gasteiger partial charge on any atom is 0.0780 e. The Hall–Kier alpha value is -2.15. The molecule has 0 bridgehead atoms. The normalized spacial score (nSPS) is 10.8. The van der Waals surface area contributed by atoms with Crippen LogP contribution in [0, 0.1) is 0 Å².